The lowest BCUT2D eigenvalue weighted by molar-refractivity contribution is -0.264. The van der Waals surface area contributed by atoms with Crippen molar-refractivity contribution in [2.24, 2.45) is 59.2 Å². The first-order valence-corrected chi connectivity index (χ1v) is 24.1. The largest absolute Gasteiger partial charge is 0.480 e. The van der Waals surface area contributed by atoms with Gasteiger partial charge in [0.1, 0.15) is 17.6 Å². The first-order valence-electron chi connectivity index (χ1n) is 24.1. The lowest BCUT2D eigenvalue weighted by atomic mass is 9.74. The van der Waals surface area contributed by atoms with E-state index in [1.807, 2.05) is 64.2 Å². The van der Waals surface area contributed by atoms with Crippen molar-refractivity contribution in [2.75, 3.05) is 6.54 Å². The van der Waals surface area contributed by atoms with Gasteiger partial charge in [0.15, 0.2) is 0 Å². The van der Waals surface area contributed by atoms with Crippen LogP contribution >= 0.6 is 0 Å². The third kappa shape index (κ3) is 15.4. The summed E-state index contributed by atoms with van der Waals surface area (Å²) in [7, 11) is 0. The maximum absolute atomic E-state index is 13.4. The number of rotatable bonds is 22. The third-order valence-corrected chi connectivity index (χ3v) is 15.0. The molecule has 3 fully saturated rings. The number of nitrogens with zero attached hydrogens (tertiary/aromatic N) is 1. The smallest absolute Gasteiger partial charge is 0.326 e. The van der Waals surface area contributed by atoms with Crippen molar-refractivity contribution < 1.29 is 49.1 Å². The molecule has 0 aromatic heterocycles. The lowest BCUT2D eigenvalue weighted by Gasteiger charge is -2.42. The number of aliphatic hydroxyl groups excluding tert-OH is 2. The SMILES string of the molecule is C/C(=C\[C@@H](C)C(=O)C[C@H](C)[C@H](C)C[C@@H]1CC[C@@H](O)[C@H](C)C1)[C@@H](O)[C@@H](C)C(=O)[C@H](C)C[C@H](C)/C=C/C=C/C=C(\C)[C@@H](C)C[C@@H]1CC[C@@H](C)[C@](O)(C(=O)C(=O)N2CCCC[C@H]2C(=O)O)O1. The number of ketones is 3. The van der Waals surface area contributed by atoms with Gasteiger partial charge < -0.3 is 30.1 Å². The van der Waals surface area contributed by atoms with Gasteiger partial charge in [-0.05, 0) is 126 Å². The average Bonchev–Trinajstić information content (AvgIpc) is 3.24. The van der Waals surface area contributed by atoms with E-state index >= 15 is 0 Å². The molecule has 356 valence electrons. The van der Waals surface area contributed by atoms with Crippen LogP contribution in [-0.2, 0) is 28.7 Å². The Hall–Kier alpha value is -3.25. The van der Waals surface area contributed by atoms with Crippen molar-refractivity contribution in [3.63, 3.8) is 0 Å². The summed E-state index contributed by atoms with van der Waals surface area (Å²) < 4.78 is 5.99. The summed E-state index contributed by atoms with van der Waals surface area (Å²) in [6, 6.07) is -1.09. The summed E-state index contributed by atoms with van der Waals surface area (Å²) in [6.07, 6.45) is 18.3. The highest BCUT2D eigenvalue weighted by molar-refractivity contribution is 6.39. The topological polar surface area (TPSA) is 179 Å². The minimum absolute atomic E-state index is 0.0100. The van der Waals surface area contributed by atoms with Crippen LogP contribution in [0.2, 0.25) is 0 Å². The number of carbonyl (C=O) groups excluding carboxylic acids is 4. The van der Waals surface area contributed by atoms with Gasteiger partial charge in [-0.2, -0.15) is 0 Å². The Kier molecular flexibility index (Phi) is 21.4. The van der Waals surface area contributed by atoms with E-state index in [1.165, 1.54) is 0 Å². The molecule has 3 rings (SSSR count). The van der Waals surface area contributed by atoms with Crippen molar-refractivity contribution in [1.29, 1.82) is 0 Å². The molecule has 1 aliphatic carbocycles. The Bertz CT molecular complexity index is 1680. The minimum atomic E-state index is -2.31. The van der Waals surface area contributed by atoms with Crippen LogP contribution in [0.3, 0.4) is 0 Å². The van der Waals surface area contributed by atoms with E-state index in [0.29, 0.717) is 68.3 Å². The van der Waals surface area contributed by atoms with Crippen LogP contribution in [0.15, 0.2) is 47.6 Å². The van der Waals surface area contributed by atoms with Gasteiger partial charge in [-0.3, -0.25) is 19.2 Å². The molecular formula is C52H83NO10. The number of amides is 1. The molecule has 0 aromatic rings. The summed E-state index contributed by atoms with van der Waals surface area (Å²) in [6.45, 7) is 21.8. The molecule has 15 atom stereocenters. The number of carboxylic acids is 1. The molecule has 0 unspecified atom stereocenters. The Morgan fingerprint density at radius 3 is 2.16 bits per heavy atom. The zero-order valence-electron chi connectivity index (χ0n) is 40.4. The molecule has 63 heavy (non-hydrogen) atoms. The van der Waals surface area contributed by atoms with Gasteiger partial charge in [-0.1, -0.05) is 104 Å². The van der Waals surface area contributed by atoms with Crippen LogP contribution in [0.25, 0.3) is 0 Å². The van der Waals surface area contributed by atoms with Crippen molar-refractivity contribution in [2.45, 2.75) is 183 Å². The summed E-state index contributed by atoms with van der Waals surface area (Å²) in [5.41, 5.74) is 1.71. The van der Waals surface area contributed by atoms with Gasteiger partial charge in [-0.15, -0.1) is 0 Å². The molecule has 0 bridgehead atoms. The first-order chi connectivity index (χ1) is 29.5. The standard InChI is InChI=1S/C52H83NO10/c1-31(25-38(8)47(56)41(11)48(57)39(9)26-36(6)46(55)30-35(5)33(3)27-42-21-23-45(54)37(7)28-42)17-13-12-14-18-32(2)34(4)29-43-22-20-40(10)52(62,63-43)49(58)50(59)53-24-16-15-19-44(53)51(60)61/h12-14,17-18,26,31,33-38,40-45,48,54,57,62H,15-16,19-25,27-30H2,1-11H3,(H,60,61)/b14-12+,17-13+,32-18+,39-26+/t31-,33-,34+,35+,36-,37-,38-,40-,41+,42+,43+,44+,45-,48-,52-/m1/s1. The number of likely N-dealkylation sites (tertiary alicyclic amines) is 1. The van der Waals surface area contributed by atoms with E-state index in [2.05, 4.69) is 27.7 Å². The number of hydrogen-bond donors (Lipinski definition) is 4. The number of aliphatic hydroxyl groups is 3. The van der Waals surface area contributed by atoms with Gasteiger partial charge in [-0.25, -0.2) is 4.79 Å². The predicted octanol–water partition coefficient (Wildman–Crippen LogP) is 8.84. The second-order valence-corrected chi connectivity index (χ2v) is 20.4. The van der Waals surface area contributed by atoms with E-state index in [4.69, 9.17) is 4.74 Å². The van der Waals surface area contributed by atoms with Crippen molar-refractivity contribution in [1.82, 2.24) is 4.90 Å². The molecule has 2 aliphatic heterocycles. The van der Waals surface area contributed by atoms with Crippen LogP contribution in [0.4, 0.5) is 0 Å². The quantitative estimate of drug-likeness (QED) is 0.0467. The van der Waals surface area contributed by atoms with Gasteiger partial charge in [0.05, 0.1) is 18.3 Å². The fraction of sp³-hybridized carbons (Fsp3) is 0.750. The van der Waals surface area contributed by atoms with Gasteiger partial charge in [0.25, 0.3) is 11.7 Å². The second kappa shape index (κ2) is 24.9. The normalized spacial score (nSPS) is 30.3. The first kappa shape index (κ1) is 54.1. The number of hydrogen-bond acceptors (Lipinski definition) is 9. The Labute approximate surface area is 378 Å². The molecule has 2 heterocycles. The van der Waals surface area contributed by atoms with Crippen LogP contribution < -0.4 is 0 Å². The zero-order chi connectivity index (χ0) is 47.3. The molecule has 1 amide bonds. The number of carbonyl (C=O) groups is 5. The number of ether oxygens (including phenoxy) is 1. The molecule has 0 aromatic carbocycles. The van der Waals surface area contributed by atoms with E-state index in [9.17, 15) is 44.4 Å². The Morgan fingerprint density at radius 1 is 0.825 bits per heavy atom. The van der Waals surface area contributed by atoms with Gasteiger partial charge >= 0.3 is 5.97 Å². The monoisotopic (exact) mass is 882 g/mol. The third-order valence-electron chi connectivity index (χ3n) is 15.0. The maximum atomic E-state index is 13.4. The molecule has 3 aliphatic rings. The Morgan fingerprint density at radius 2 is 1.51 bits per heavy atom. The van der Waals surface area contributed by atoms with E-state index in [-0.39, 0.29) is 60.2 Å². The fourth-order valence-electron chi connectivity index (χ4n) is 9.99. The van der Waals surface area contributed by atoms with Crippen LogP contribution in [-0.4, -0.2) is 91.2 Å². The highest BCUT2D eigenvalue weighted by atomic mass is 16.6. The minimum Gasteiger partial charge on any atom is -0.480 e. The van der Waals surface area contributed by atoms with E-state index in [1.54, 1.807) is 20.8 Å². The van der Waals surface area contributed by atoms with Crippen molar-refractivity contribution in [3.8, 4) is 0 Å². The van der Waals surface area contributed by atoms with Crippen LogP contribution in [0.1, 0.15) is 153 Å². The molecule has 11 nitrogen and oxygen atoms in total. The van der Waals surface area contributed by atoms with Crippen LogP contribution in [0, 0.1) is 59.2 Å². The average molecular weight is 882 g/mol. The molecule has 1 saturated carbocycles. The molecule has 0 spiro atoms. The number of aliphatic carboxylic acids is 1. The summed E-state index contributed by atoms with van der Waals surface area (Å²) in [5, 5.41) is 42.3. The Balaban J connectivity index is 1.46. The number of allylic oxidation sites excluding steroid dienone is 7. The van der Waals surface area contributed by atoms with Gasteiger partial charge in [0.2, 0.25) is 5.79 Å². The zero-order valence-corrected chi connectivity index (χ0v) is 40.4. The molecule has 0 radical (unpaired) electrons. The van der Waals surface area contributed by atoms with E-state index in [0.717, 1.165) is 36.2 Å². The van der Waals surface area contributed by atoms with Crippen molar-refractivity contribution >= 4 is 29.2 Å². The lowest BCUT2D eigenvalue weighted by Crippen LogP contribution is -2.60. The number of piperidine rings is 1. The number of Topliss-reactive ketones (excluding diaryl/α,β-unsaturated/α-hetero) is 3. The fourth-order valence-corrected chi connectivity index (χ4v) is 9.99. The van der Waals surface area contributed by atoms with Gasteiger partial charge in [0, 0.05) is 36.6 Å². The molecular weight excluding hydrogens is 799 g/mol. The highest BCUT2D eigenvalue weighted by Gasteiger charge is 2.52. The summed E-state index contributed by atoms with van der Waals surface area (Å²) >= 11 is 0. The van der Waals surface area contributed by atoms with Crippen LogP contribution in [0.5, 0.6) is 0 Å². The number of carboxylic acid groups (broad SMARTS) is 1. The maximum Gasteiger partial charge on any atom is 0.326 e. The molecule has 2 saturated heterocycles. The summed E-state index contributed by atoms with van der Waals surface area (Å²) in [5.74, 6) is -5.57. The second-order valence-electron chi connectivity index (χ2n) is 20.4. The van der Waals surface area contributed by atoms with E-state index < -0.39 is 53.5 Å². The van der Waals surface area contributed by atoms with Crippen molar-refractivity contribution in [3.05, 3.63) is 47.6 Å². The predicted molar refractivity (Wildman–Crippen MR) is 247 cm³/mol. The molecule has 4 N–H and O–H groups in total. The molecule has 11 heteroatoms. The highest BCUT2D eigenvalue weighted by Crippen LogP contribution is 2.38. The summed E-state index contributed by atoms with van der Waals surface area (Å²) in [4.78, 5) is 66.1.